The summed E-state index contributed by atoms with van der Waals surface area (Å²) in [5.41, 5.74) is -3.60. The van der Waals surface area contributed by atoms with Gasteiger partial charge >= 0.3 is 23.9 Å². The van der Waals surface area contributed by atoms with E-state index in [4.69, 9.17) is 23.7 Å². The first-order chi connectivity index (χ1) is 12.9. The summed E-state index contributed by atoms with van der Waals surface area (Å²) in [6.07, 6.45) is 0.659. The second-order valence-electron chi connectivity index (χ2n) is 7.39. The van der Waals surface area contributed by atoms with Gasteiger partial charge in [0.2, 0.25) is 0 Å². The summed E-state index contributed by atoms with van der Waals surface area (Å²) in [4.78, 5) is 50.1. The minimum Gasteiger partial charge on any atom is -0.465 e. The van der Waals surface area contributed by atoms with Crippen LogP contribution in [-0.4, -0.2) is 55.1 Å². The number of hydrogen-bond acceptors (Lipinski definition) is 9. The van der Waals surface area contributed by atoms with E-state index in [1.54, 1.807) is 13.8 Å². The molecule has 9 heteroatoms. The zero-order valence-electron chi connectivity index (χ0n) is 16.9. The van der Waals surface area contributed by atoms with Gasteiger partial charge in [-0.25, -0.2) is 0 Å². The van der Waals surface area contributed by atoms with Crippen LogP contribution in [0.3, 0.4) is 0 Å². The van der Waals surface area contributed by atoms with Gasteiger partial charge < -0.3 is 23.7 Å². The Morgan fingerprint density at radius 3 is 1.89 bits per heavy atom. The molecule has 0 aromatic carbocycles. The molecule has 0 saturated carbocycles. The van der Waals surface area contributed by atoms with Crippen LogP contribution < -0.4 is 0 Å². The summed E-state index contributed by atoms with van der Waals surface area (Å²) in [6, 6.07) is 0. The van der Waals surface area contributed by atoms with Crippen LogP contribution in [-0.2, 0) is 42.9 Å². The van der Waals surface area contributed by atoms with Crippen molar-refractivity contribution in [3.63, 3.8) is 0 Å². The molecular formula is C19H26O9. The van der Waals surface area contributed by atoms with Crippen LogP contribution in [0.5, 0.6) is 0 Å². The van der Waals surface area contributed by atoms with Crippen molar-refractivity contribution in [2.24, 2.45) is 10.8 Å². The largest absolute Gasteiger partial charge is 0.465 e. The van der Waals surface area contributed by atoms with E-state index < -0.39 is 52.7 Å². The molecule has 0 aromatic rings. The zero-order valence-corrected chi connectivity index (χ0v) is 16.9. The highest BCUT2D eigenvalue weighted by atomic mass is 16.7. The molecule has 2 atom stereocenters. The first-order valence-corrected chi connectivity index (χ1v) is 9.08. The Kier molecular flexibility index (Phi) is 5.89. The summed E-state index contributed by atoms with van der Waals surface area (Å²) in [5, 5.41) is 0. The highest BCUT2D eigenvalue weighted by molar-refractivity contribution is 6.03. The Labute approximate surface area is 163 Å². The second-order valence-corrected chi connectivity index (χ2v) is 7.39. The molecule has 1 fully saturated rings. The van der Waals surface area contributed by atoms with Crippen LogP contribution in [0.1, 0.15) is 41.5 Å². The molecule has 156 valence electrons. The van der Waals surface area contributed by atoms with Gasteiger partial charge in [0.1, 0.15) is 12.2 Å². The number of esters is 4. The van der Waals surface area contributed by atoms with E-state index in [0.717, 1.165) is 0 Å². The van der Waals surface area contributed by atoms with Gasteiger partial charge in [-0.05, 0) is 27.7 Å². The molecular weight excluding hydrogens is 372 g/mol. The molecule has 0 aromatic heterocycles. The van der Waals surface area contributed by atoms with Gasteiger partial charge in [-0.1, -0.05) is 12.2 Å². The lowest BCUT2D eigenvalue weighted by atomic mass is 9.83. The van der Waals surface area contributed by atoms with Crippen LogP contribution in [0.2, 0.25) is 0 Å². The zero-order chi connectivity index (χ0) is 21.3. The minimum absolute atomic E-state index is 0.0547. The Balaban J connectivity index is 2.31. The maximum Gasteiger partial charge on any atom is 0.329 e. The molecule has 2 aliphatic heterocycles. The van der Waals surface area contributed by atoms with Crippen LogP contribution >= 0.6 is 0 Å². The SMILES string of the molecule is CCOC(=O)C(C)(C(=O)OCC)[C@H]1C=C[C@@H](C2(C)C(=O)OC(C)(C)OC2=O)O1. The molecule has 0 amide bonds. The van der Waals surface area contributed by atoms with E-state index >= 15 is 0 Å². The topological polar surface area (TPSA) is 114 Å². The van der Waals surface area contributed by atoms with E-state index in [0.29, 0.717) is 0 Å². The highest BCUT2D eigenvalue weighted by Gasteiger charge is 2.61. The molecule has 0 spiro atoms. The third kappa shape index (κ3) is 3.50. The fourth-order valence-corrected chi connectivity index (χ4v) is 2.98. The summed E-state index contributed by atoms with van der Waals surface area (Å²) in [7, 11) is 0. The van der Waals surface area contributed by atoms with E-state index in [2.05, 4.69) is 0 Å². The molecule has 0 N–H and O–H groups in total. The minimum atomic E-state index is -1.81. The smallest absolute Gasteiger partial charge is 0.329 e. The van der Waals surface area contributed by atoms with Crippen molar-refractivity contribution in [3.05, 3.63) is 12.2 Å². The predicted molar refractivity (Wildman–Crippen MR) is 93.5 cm³/mol. The van der Waals surface area contributed by atoms with Crippen molar-refractivity contribution in [2.75, 3.05) is 13.2 Å². The molecule has 28 heavy (non-hydrogen) atoms. The summed E-state index contributed by atoms with van der Waals surface area (Å²) >= 11 is 0. The van der Waals surface area contributed by atoms with E-state index in [-0.39, 0.29) is 13.2 Å². The van der Waals surface area contributed by atoms with E-state index in [9.17, 15) is 19.2 Å². The predicted octanol–water partition coefficient (Wildman–Crippen LogP) is 1.28. The number of carbonyl (C=O) groups is 4. The van der Waals surface area contributed by atoms with E-state index in [1.165, 1.54) is 39.8 Å². The summed E-state index contributed by atoms with van der Waals surface area (Å²) in [6.45, 7) is 8.87. The Bertz CT molecular complexity index is 668. The number of ether oxygens (including phenoxy) is 5. The van der Waals surface area contributed by atoms with Gasteiger partial charge in [0.05, 0.1) is 13.2 Å². The van der Waals surface area contributed by atoms with Crippen LogP contribution in [0.4, 0.5) is 0 Å². The molecule has 0 radical (unpaired) electrons. The van der Waals surface area contributed by atoms with Gasteiger partial charge in [-0.3, -0.25) is 19.2 Å². The van der Waals surface area contributed by atoms with Gasteiger partial charge in [0.25, 0.3) is 5.79 Å². The fourth-order valence-electron chi connectivity index (χ4n) is 2.98. The van der Waals surface area contributed by atoms with Gasteiger partial charge in [-0.2, -0.15) is 0 Å². The van der Waals surface area contributed by atoms with Crippen molar-refractivity contribution in [3.8, 4) is 0 Å². The number of carbonyl (C=O) groups excluding carboxylic acids is 4. The quantitative estimate of drug-likeness (QED) is 0.282. The lowest BCUT2D eigenvalue weighted by Gasteiger charge is -2.41. The third-order valence-corrected chi connectivity index (χ3v) is 4.82. The van der Waals surface area contributed by atoms with Gasteiger partial charge in [0.15, 0.2) is 10.8 Å². The second kappa shape index (κ2) is 7.54. The normalized spacial score (nSPS) is 25.6. The van der Waals surface area contributed by atoms with Crippen LogP contribution in [0, 0.1) is 10.8 Å². The molecule has 2 heterocycles. The Morgan fingerprint density at radius 1 is 1.00 bits per heavy atom. The van der Waals surface area contributed by atoms with Crippen LogP contribution in [0.15, 0.2) is 12.2 Å². The Morgan fingerprint density at radius 2 is 1.46 bits per heavy atom. The molecule has 2 rings (SSSR count). The summed E-state index contributed by atoms with van der Waals surface area (Å²) < 4.78 is 26.2. The molecule has 0 aliphatic carbocycles. The van der Waals surface area contributed by atoms with Crippen molar-refractivity contribution >= 4 is 23.9 Å². The maximum absolute atomic E-state index is 12.5. The lowest BCUT2D eigenvalue weighted by Crippen LogP contribution is -2.58. The first-order valence-electron chi connectivity index (χ1n) is 9.08. The molecule has 0 bridgehead atoms. The van der Waals surface area contributed by atoms with Crippen molar-refractivity contribution in [2.45, 2.75) is 59.5 Å². The fraction of sp³-hybridized carbons (Fsp3) is 0.684. The average molecular weight is 398 g/mol. The highest BCUT2D eigenvalue weighted by Crippen LogP contribution is 2.42. The number of cyclic esters (lactones) is 2. The summed E-state index contributed by atoms with van der Waals surface area (Å²) in [5.74, 6) is -4.69. The number of hydrogen-bond donors (Lipinski definition) is 0. The molecule has 0 unspecified atom stereocenters. The van der Waals surface area contributed by atoms with Crippen molar-refractivity contribution in [1.29, 1.82) is 0 Å². The van der Waals surface area contributed by atoms with Gasteiger partial charge in [-0.15, -0.1) is 0 Å². The maximum atomic E-state index is 12.5. The lowest BCUT2D eigenvalue weighted by molar-refractivity contribution is -0.257. The molecule has 2 aliphatic rings. The first kappa shape index (κ1) is 21.9. The monoisotopic (exact) mass is 398 g/mol. The standard InChI is InChI=1S/C19H26O9/c1-7-24-13(20)18(5,14(21)25-8-2)11-9-10-12(26-11)19(6)15(22)27-17(3,4)28-16(19)23/h9-12H,7-8H2,1-6H3/t11-,12+/m1/s1. The average Bonchev–Trinajstić information content (AvgIpc) is 3.09. The Hall–Kier alpha value is -2.42. The van der Waals surface area contributed by atoms with Crippen molar-refractivity contribution < 1.29 is 42.9 Å². The van der Waals surface area contributed by atoms with Crippen LogP contribution in [0.25, 0.3) is 0 Å². The van der Waals surface area contributed by atoms with E-state index in [1.807, 2.05) is 0 Å². The molecule has 1 saturated heterocycles. The third-order valence-electron chi connectivity index (χ3n) is 4.82. The van der Waals surface area contributed by atoms with Gasteiger partial charge in [0, 0.05) is 13.8 Å². The molecule has 9 nitrogen and oxygen atoms in total. The van der Waals surface area contributed by atoms with Crippen molar-refractivity contribution in [1.82, 2.24) is 0 Å². The number of rotatable bonds is 6.